The number of hydrogen-bond donors (Lipinski definition) is 3. The third-order valence-corrected chi connectivity index (χ3v) is 3.00. The summed E-state index contributed by atoms with van der Waals surface area (Å²) in [7, 11) is 0. The molecule has 0 radical (unpaired) electrons. The van der Waals surface area contributed by atoms with Crippen molar-refractivity contribution in [3.63, 3.8) is 0 Å². The number of aromatic carboxylic acids is 1. The molecule has 1 rings (SSSR count). The predicted octanol–water partition coefficient (Wildman–Crippen LogP) is 2.26. The van der Waals surface area contributed by atoms with Crippen molar-refractivity contribution >= 4 is 11.7 Å². The number of carbonyl (C=O) groups is 1. The minimum absolute atomic E-state index is 0.176. The van der Waals surface area contributed by atoms with E-state index in [9.17, 15) is 9.90 Å². The molecule has 1 aromatic rings. The molecule has 4 heteroatoms. The molecule has 1 atom stereocenters. The first-order chi connectivity index (χ1) is 7.73. The van der Waals surface area contributed by atoms with Gasteiger partial charge in [0.05, 0.1) is 17.2 Å². The summed E-state index contributed by atoms with van der Waals surface area (Å²) in [6.07, 6.45) is 0. The molecule has 4 nitrogen and oxygen atoms in total. The van der Waals surface area contributed by atoms with Crippen molar-refractivity contribution in [1.82, 2.24) is 0 Å². The molecule has 0 spiro atoms. The third-order valence-electron chi connectivity index (χ3n) is 3.00. The summed E-state index contributed by atoms with van der Waals surface area (Å²) in [6, 6.07) is 4.89. The van der Waals surface area contributed by atoms with Gasteiger partial charge in [-0.1, -0.05) is 6.07 Å². The van der Waals surface area contributed by atoms with Gasteiger partial charge in [-0.05, 0) is 45.4 Å². The molecule has 0 saturated heterocycles. The first-order valence-corrected chi connectivity index (χ1v) is 5.55. The highest BCUT2D eigenvalue weighted by molar-refractivity contribution is 5.91. The van der Waals surface area contributed by atoms with Crippen molar-refractivity contribution < 1.29 is 15.0 Å². The van der Waals surface area contributed by atoms with Gasteiger partial charge in [0.1, 0.15) is 0 Å². The second kappa shape index (κ2) is 4.75. The van der Waals surface area contributed by atoms with Crippen molar-refractivity contribution in [2.75, 3.05) is 5.32 Å². The lowest BCUT2D eigenvalue weighted by atomic mass is 9.99. The number of nitrogens with one attached hydrogen (secondary N) is 1. The number of carboxylic acid groups (broad SMARTS) is 1. The summed E-state index contributed by atoms with van der Waals surface area (Å²) in [4.78, 5) is 11.0. The minimum Gasteiger partial charge on any atom is -0.478 e. The molecule has 94 valence electrons. The van der Waals surface area contributed by atoms with Gasteiger partial charge in [0.2, 0.25) is 0 Å². The summed E-state index contributed by atoms with van der Waals surface area (Å²) in [5.41, 5.74) is 0.819. The van der Waals surface area contributed by atoms with Gasteiger partial charge in [-0.25, -0.2) is 4.79 Å². The Kier molecular flexibility index (Phi) is 3.78. The number of anilines is 1. The van der Waals surface area contributed by atoms with E-state index in [4.69, 9.17) is 5.11 Å². The van der Waals surface area contributed by atoms with Crippen LogP contribution in [0.2, 0.25) is 0 Å². The highest BCUT2D eigenvalue weighted by atomic mass is 16.4. The maximum Gasteiger partial charge on any atom is 0.336 e. The topological polar surface area (TPSA) is 69.6 Å². The van der Waals surface area contributed by atoms with Crippen LogP contribution in [0, 0.1) is 6.92 Å². The monoisotopic (exact) mass is 237 g/mol. The number of carboxylic acids is 1. The second-order valence-electron chi connectivity index (χ2n) is 4.80. The lowest BCUT2D eigenvalue weighted by molar-refractivity contribution is 0.0649. The van der Waals surface area contributed by atoms with Crippen molar-refractivity contribution in [1.29, 1.82) is 0 Å². The molecule has 0 aromatic heterocycles. The van der Waals surface area contributed by atoms with Crippen LogP contribution in [0.25, 0.3) is 0 Å². The largest absolute Gasteiger partial charge is 0.478 e. The van der Waals surface area contributed by atoms with E-state index in [-0.39, 0.29) is 11.6 Å². The molecule has 0 aliphatic carbocycles. The van der Waals surface area contributed by atoms with Crippen molar-refractivity contribution in [3.8, 4) is 0 Å². The van der Waals surface area contributed by atoms with Crippen LogP contribution in [0.4, 0.5) is 5.69 Å². The zero-order valence-corrected chi connectivity index (χ0v) is 10.6. The Bertz CT molecular complexity index is 421. The van der Waals surface area contributed by atoms with E-state index in [1.807, 2.05) is 13.0 Å². The molecule has 3 N–H and O–H groups in total. The summed E-state index contributed by atoms with van der Waals surface area (Å²) >= 11 is 0. The van der Waals surface area contributed by atoms with Gasteiger partial charge in [0.15, 0.2) is 0 Å². The fourth-order valence-electron chi connectivity index (χ4n) is 1.43. The molecule has 0 aliphatic rings. The Hall–Kier alpha value is -1.55. The van der Waals surface area contributed by atoms with E-state index in [1.54, 1.807) is 32.9 Å². The predicted molar refractivity (Wildman–Crippen MR) is 67.5 cm³/mol. The van der Waals surface area contributed by atoms with Crippen LogP contribution in [-0.2, 0) is 0 Å². The Morgan fingerprint density at radius 3 is 2.47 bits per heavy atom. The van der Waals surface area contributed by atoms with E-state index in [0.29, 0.717) is 5.56 Å². The molecule has 1 aromatic carbocycles. The van der Waals surface area contributed by atoms with Crippen LogP contribution in [-0.4, -0.2) is 27.8 Å². The van der Waals surface area contributed by atoms with Crippen LogP contribution in [0.1, 0.15) is 36.7 Å². The number of rotatable bonds is 4. The number of benzene rings is 1. The summed E-state index contributed by atoms with van der Waals surface area (Å²) in [5.74, 6) is -0.943. The maximum atomic E-state index is 11.0. The molecular formula is C13H19NO3. The van der Waals surface area contributed by atoms with Gasteiger partial charge >= 0.3 is 5.97 Å². The van der Waals surface area contributed by atoms with E-state index in [2.05, 4.69) is 5.32 Å². The Balaban J connectivity index is 3.01. The SMILES string of the molecule is Cc1c(NC(C)C(C)(C)O)cccc1C(=O)O. The van der Waals surface area contributed by atoms with Crippen LogP contribution >= 0.6 is 0 Å². The standard InChI is InChI=1S/C13H19NO3/c1-8-10(12(15)16)6-5-7-11(8)14-9(2)13(3,4)17/h5-7,9,14,17H,1-4H3,(H,15,16). The Labute approximate surface area is 101 Å². The number of aliphatic hydroxyl groups is 1. The first kappa shape index (κ1) is 13.5. The normalized spacial score (nSPS) is 13.2. The van der Waals surface area contributed by atoms with E-state index in [1.165, 1.54) is 0 Å². The minimum atomic E-state index is -0.943. The van der Waals surface area contributed by atoms with Crippen LogP contribution < -0.4 is 5.32 Å². The first-order valence-electron chi connectivity index (χ1n) is 5.55. The molecule has 17 heavy (non-hydrogen) atoms. The van der Waals surface area contributed by atoms with Gasteiger partial charge < -0.3 is 15.5 Å². The average Bonchev–Trinajstić information content (AvgIpc) is 2.19. The van der Waals surface area contributed by atoms with Crippen molar-refractivity contribution in [3.05, 3.63) is 29.3 Å². The highest BCUT2D eigenvalue weighted by Gasteiger charge is 2.23. The smallest absolute Gasteiger partial charge is 0.336 e. The van der Waals surface area contributed by atoms with Gasteiger partial charge in [-0.15, -0.1) is 0 Å². The molecule has 0 fully saturated rings. The fourth-order valence-corrected chi connectivity index (χ4v) is 1.43. The second-order valence-corrected chi connectivity index (χ2v) is 4.80. The third kappa shape index (κ3) is 3.20. The van der Waals surface area contributed by atoms with Gasteiger partial charge in [-0.3, -0.25) is 0 Å². The summed E-state index contributed by atoms with van der Waals surface area (Å²) in [5, 5.41) is 22.0. The Morgan fingerprint density at radius 2 is 2.00 bits per heavy atom. The average molecular weight is 237 g/mol. The van der Waals surface area contributed by atoms with E-state index < -0.39 is 11.6 Å². The lowest BCUT2D eigenvalue weighted by Crippen LogP contribution is -2.39. The van der Waals surface area contributed by atoms with Crippen LogP contribution in [0.3, 0.4) is 0 Å². The van der Waals surface area contributed by atoms with Gasteiger partial charge in [0.25, 0.3) is 0 Å². The summed E-state index contributed by atoms with van der Waals surface area (Å²) < 4.78 is 0. The van der Waals surface area contributed by atoms with E-state index in [0.717, 1.165) is 5.69 Å². The zero-order valence-electron chi connectivity index (χ0n) is 10.6. The van der Waals surface area contributed by atoms with E-state index >= 15 is 0 Å². The number of hydrogen-bond acceptors (Lipinski definition) is 3. The van der Waals surface area contributed by atoms with Gasteiger partial charge in [0, 0.05) is 5.69 Å². The van der Waals surface area contributed by atoms with Crippen LogP contribution in [0.5, 0.6) is 0 Å². The molecule has 0 aliphatic heterocycles. The maximum absolute atomic E-state index is 11.0. The van der Waals surface area contributed by atoms with Gasteiger partial charge in [-0.2, -0.15) is 0 Å². The molecule has 0 amide bonds. The fraction of sp³-hybridized carbons (Fsp3) is 0.462. The molecule has 1 unspecified atom stereocenters. The zero-order chi connectivity index (χ0) is 13.2. The van der Waals surface area contributed by atoms with Crippen LogP contribution in [0.15, 0.2) is 18.2 Å². The highest BCUT2D eigenvalue weighted by Crippen LogP contribution is 2.22. The summed E-state index contributed by atoms with van der Waals surface area (Å²) in [6.45, 7) is 7.03. The van der Waals surface area contributed by atoms with Crippen molar-refractivity contribution in [2.24, 2.45) is 0 Å². The molecule has 0 heterocycles. The van der Waals surface area contributed by atoms with Crippen molar-refractivity contribution in [2.45, 2.75) is 39.3 Å². The molecule has 0 bridgehead atoms. The Morgan fingerprint density at radius 1 is 1.41 bits per heavy atom. The molecule has 0 saturated carbocycles. The molecular weight excluding hydrogens is 218 g/mol. The quantitative estimate of drug-likeness (QED) is 0.751. The lowest BCUT2D eigenvalue weighted by Gasteiger charge is -2.28.